The molecule has 4 aliphatic rings. The van der Waals surface area contributed by atoms with Gasteiger partial charge in [-0.1, -0.05) is 12.1 Å². The number of para-hydroxylation sites is 1. The molecule has 0 atom stereocenters. The monoisotopic (exact) mass is 393 g/mol. The Morgan fingerprint density at radius 2 is 1.79 bits per heavy atom. The van der Waals surface area contributed by atoms with Crippen molar-refractivity contribution in [3.63, 3.8) is 0 Å². The van der Waals surface area contributed by atoms with Crippen LogP contribution in [-0.2, 0) is 11.2 Å². The highest BCUT2D eigenvalue weighted by molar-refractivity contribution is 5.77. The number of amides is 1. The number of carbonyl (C=O) groups is 1. The Kier molecular flexibility index (Phi) is 4.92. The maximum absolute atomic E-state index is 12.3. The number of hydrogen-bond donors (Lipinski definition) is 2. The zero-order valence-corrected chi connectivity index (χ0v) is 17.1. The molecule has 4 bridgehead atoms. The van der Waals surface area contributed by atoms with Gasteiger partial charge < -0.3 is 10.3 Å². The summed E-state index contributed by atoms with van der Waals surface area (Å²) in [5.74, 6) is 3.68. The van der Waals surface area contributed by atoms with E-state index in [1.54, 1.807) is 6.07 Å². The van der Waals surface area contributed by atoms with Gasteiger partial charge in [0.1, 0.15) is 5.82 Å². The van der Waals surface area contributed by atoms with Gasteiger partial charge in [-0.15, -0.1) is 0 Å². The third-order valence-electron chi connectivity index (χ3n) is 7.62. The van der Waals surface area contributed by atoms with Crippen LogP contribution in [0.5, 0.6) is 0 Å². The molecule has 1 aromatic carbocycles. The molecule has 154 valence electrons. The molecular formula is C24H31N3O2. The van der Waals surface area contributed by atoms with Crippen LogP contribution in [0.25, 0.3) is 10.9 Å². The normalized spacial score (nSPS) is 30.0. The number of carbonyl (C=O) groups excluding carboxylic acids is 1. The maximum atomic E-state index is 12.3. The van der Waals surface area contributed by atoms with E-state index in [0.717, 1.165) is 30.7 Å². The number of nitrogens with one attached hydrogen (secondary N) is 2. The molecule has 4 aliphatic carbocycles. The van der Waals surface area contributed by atoms with Crippen LogP contribution >= 0.6 is 0 Å². The number of rotatable bonds is 7. The lowest BCUT2D eigenvalue weighted by Gasteiger charge is -2.57. The van der Waals surface area contributed by atoms with Crippen LogP contribution in [0.15, 0.2) is 29.1 Å². The van der Waals surface area contributed by atoms with Gasteiger partial charge in [0.15, 0.2) is 0 Å². The van der Waals surface area contributed by atoms with E-state index in [9.17, 15) is 9.59 Å². The van der Waals surface area contributed by atoms with Crippen molar-refractivity contribution in [2.45, 2.75) is 64.2 Å². The third kappa shape index (κ3) is 3.96. The molecule has 5 nitrogen and oxygen atoms in total. The maximum Gasteiger partial charge on any atom is 0.258 e. The van der Waals surface area contributed by atoms with E-state index in [-0.39, 0.29) is 11.5 Å². The van der Waals surface area contributed by atoms with Crippen molar-refractivity contribution in [3.8, 4) is 0 Å². The summed E-state index contributed by atoms with van der Waals surface area (Å²) in [4.78, 5) is 31.8. The number of nitrogens with zero attached hydrogens (tertiary/aromatic N) is 1. The Hall–Kier alpha value is -2.17. The molecule has 4 saturated carbocycles. The van der Waals surface area contributed by atoms with Crippen molar-refractivity contribution in [1.82, 2.24) is 15.3 Å². The first kappa shape index (κ1) is 18.8. The molecule has 5 heteroatoms. The number of H-pyrrole nitrogens is 1. The number of fused-ring (bicyclic) bond motifs is 1. The van der Waals surface area contributed by atoms with E-state index in [1.165, 1.54) is 38.5 Å². The minimum Gasteiger partial charge on any atom is -0.356 e. The van der Waals surface area contributed by atoms with Gasteiger partial charge in [0.25, 0.3) is 5.56 Å². The minimum atomic E-state index is -0.106. The molecule has 2 N–H and O–H groups in total. The lowest BCUT2D eigenvalue weighted by Crippen LogP contribution is -2.47. The van der Waals surface area contributed by atoms with Gasteiger partial charge in [-0.3, -0.25) is 9.59 Å². The molecule has 1 amide bonds. The molecule has 1 aromatic heterocycles. The van der Waals surface area contributed by atoms with Gasteiger partial charge in [-0.2, -0.15) is 0 Å². The summed E-state index contributed by atoms with van der Waals surface area (Å²) in [5.41, 5.74) is 1.13. The van der Waals surface area contributed by atoms with Crippen LogP contribution < -0.4 is 10.9 Å². The van der Waals surface area contributed by atoms with Crippen molar-refractivity contribution in [2.24, 2.45) is 23.2 Å². The van der Waals surface area contributed by atoms with E-state index in [4.69, 9.17) is 0 Å². The predicted molar refractivity (Wildman–Crippen MR) is 114 cm³/mol. The molecule has 0 unspecified atom stereocenters. The van der Waals surface area contributed by atoms with Crippen LogP contribution in [0, 0.1) is 23.2 Å². The van der Waals surface area contributed by atoms with E-state index < -0.39 is 0 Å². The summed E-state index contributed by atoms with van der Waals surface area (Å²) < 4.78 is 0. The average Bonchev–Trinajstić information content (AvgIpc) is 2.67. The first-order valence-electron chi connectivity index (χ1n) is 11.3. The van der Waals surface area contributed by atoms with Crippen molar-refractivity contribution in [3.05, 3.63) is 40.4 Å². The number of benzene rings is 1. The second kappa shape index (κ2) is 7.58. The fourth-order valence-electron chi connectivity index (χ4n) is 6.82. The first-order valence-corrected chi connectivity index (χ1v) is 11.3. The van der Waals surface area contributed by atoms with Gasteiger partial charge in [0, 0.05) is 19.4 Å². The standard InChI is InChI=1S/C24H31N3O2/c28-22(7-3-6-21-26-20-5-2-1-4-19(20)23(29)27-21)25-9-8-24-13-16-10-17(14-24)12-18(11-16)15-24/h1-2,4-5,16-18H,3,6-15H2,(H,25,28)(H,26,27,29). The molecular weight excluding hydrogens is 362 g/mol. The van der Waals surface area contributed by atoms with Crippen LogP contribution in [0.2, 0.25) is 0 Å². The van der Waals surface area contributed by atoms with Gasteiger partial charge >= 0.3 is 0 Å². The Bertz CT molecular complexity index is 929. The molecule has 0 spiro atoms. The van der Waals surface area contributed by atoms with Crippen molar-refractivity contribution in [1.29, 1.82) is 0 Å². The van der Waals surface area contributed by atoms with E-state index >= 15 is 0 Å². The second-order valence-corrected chi connectivity index (χ2v) is 9.90. The zero-order chi connectivity index (χ0) is 19.8. The summed E-state index contributed by atoms with van der Waals surface area (Å²) >= 11 is 0. The number of aryl methyl sites for hydroxylation is 1. The Morgan fingerprint density at radius 1 is 1.10 bits per heavy atom. The second-order valence-electron chi connectivity index (χ2n) is 9.90. The molecule has 6 rings (SSSR count). The predicted octanol–water partition coefficient (Wildman–Crippen LogP) is 3.97. The third-order valence-corrected chi connectivity index (χ3v) is 7.62. The number of hydrogen-bond acceptors (Lipinski definition) is 3. The van der Waals surface area contributed by atoms with Crippen LogP contribution in [0.4, 0.5) is 0 Å². The fourth-order valence-corrected chi connectivity index (χ4v) is 6.82. The lowest BCUT2D eigenvalue weighted by atomic mass is 9.49. The lowest BCUT2D eigenvalue weighted by molar-refractivity contribution is -0.121. The van der Waals surface area contributed by atoms with Crippen LogP contribution in [-0.4, -0.2) is 22.4 Å². The molecule has 2 aromatic rings. The van der Waals surface area contributed by atoms with Crippen LogP contribution in [0.3, 0.4) is 0 Å². The number of aromatic nitrogens is 2. The number of aromatic amines is 1. The fraction of sp³-hybridized carbons (Fsp3) is 0.625. The summed E-state index contributed by atoms with van der Waals surface area (Å²) in [6.45, 7) is 0.816. The molecule has 0 radical (unpaired) electrons. The molecule has 0 aliphatic heterocycles. The highest BCUT2D eigenvalue weighted by atomic mass is 16.1. The molecule has 0 saturated heterocycles. The Morgan fingerprint density at radius 3 is 2.52 bits per heavy atom. The zero-order valence-electron chi connectivity index (χ0n) is 17.1. The van der Waals surface area contributed by atoms with Gasteiger partial charge in [-0.25, -0.2) is 4.98 Å². The van der Waals surface area contributed by atoms with Crippen molar-refractivity contribution in [2.75, 3.05) is 6.54 Å². The smallest absolute Gasteiger partial charge is 0.258 e. The minimum absolute atomic E-state index is 0.106. The SMILES string of the molecule is O=C(CCCc1nc2ccccc2c(=O)[nH]1)NCCC12CC3CC(CC(C3)C1)C2. The average molecular weight is 394 g/mol. The highest BCUT2D eigenvalue weighted by Crippen LogP contribution is 2.61. The van der Waals surface area contributed by atoms with Gasteiger partial charge in [0.2, 0.25) is 5.91 Å². The van der Waals surface area contributed by atoms with Crippen molar-refractivity contribution >= 4 is 16.8 Å². The van der Waals surface area contributed by atoms with Gasteiger partial charge in [0.05, 0.1) is 10.9 Å². The quantitative estimate of drug-likeness (QED) is 0.747. The van der Waals surface area contributed by atoms with Crippen LogP contribution in [0.1, 0.15) is 63.6 Å². The summed E-state index contributed by atoms with van der Waals surface area (Å²) in [5, 5.41) is 3.76. The first-order chi connectivity index (χ1) is 14.1. The summed E-state index contributed by atoms with van der Waals surface area (Å²) in [6.07, 6.45) is 11.6. The highest BCUT2D eigenvalue weighted by Gasteiger charge is 2.50. The largest absolute Gasteiger partial charge is 0.356 e. The summed E-state index contributed by atoms with van der Waals surface area (Å²) in [7, 11) is 0. The van der Waals surface area contributed by atoms with Gasteiger partial charge in [-0.05, 0) is 86.7 Å². The Balaban J connectivity index is 1.08. The van der Waals surface area contributed by atoms with E-state index in [2.05, 4.69) is 15.3 Å². The summed E-state index contributed by atoms with van der Waals surface area (Å²) in [6, 6.07) is 7.36. The topological polar surface area (TPSA) is 74.8 Å². The Labute approximate surface area is 171 Å². The molecule has 29 heavy (non-hydrogen) atoms. The van der Waals surface area contributed by atoms with E-state index in [1.807, 2.05) is 18.2 Å². The molecule has 4 fully saturated rings. The molecule has 1 heterocycles. The van der Waals surface area contributed by atoms with Crippen molar-refractivity contribution < 1.29 is 4.79 Å². The van der Waals surface area contributed by atoms with E-state index in [0.29, 0.717) is 41.4 Å².